The van der Waals surface area contributed by atoms with E-state index in [0.29, 0.717) is 12.1 Å². The summed E-state index contributed by atoms with van der Waals surface area (Å²) in [5.74, 6) is -1.06. The molecular weight excluding hydrogens is 382 g/mol. The topological polar surface area (TPSA) is 60.4 Å². The maximum absolute atomic E-state index is 10.4. The van der Waals surface area contributed by atoms with Crippen LogP contribution in [0.3, 0.4) is 0 Å². The van der Waals surface area contributed by atoms with Gasteiger partial charge in [0.1, 0.15) is 5.75 Å². The van der Waals surface area contributed by atoms with Crippen LogP contribution >= 0.6 is 0 Å². The van der Waals surface area contributed by atoms with Crippen LogP contribution in [-0.2, 0) is 31.9 Å². The van der Waals surface area contributed by atoms with E-state index in [1.165, 1.54) is 0 Å². The lowest BCUT2D eigenvalue weighted by Crippen LogP contribution is -2.36. The minimum absolute atomic E-state index is 0.205. The molecule has 1 N–H and O–H groups in total. The number of rotatable bonds is 6. The molecule has 1 aliphatic rings. The molecule has 6 heteroatoms. The van der Waals surface area contributed by atoms with Gasteiger partial charge in [0.15, 0.2) is 0 Å². The SMILES string of the molecule is CCN(Cc1cc(C2(C)OOC(c3ccccc3)OO2)ccc1O)c1ccccc1. The van der Waals surface area contributed by atoms with Crippen molar-refractivity contribution in [1.82, 2.24) is 0 Å². The second-order valence-corrected chi connectivity index (χ2v) is 7.24. The minimum Gasteiger partial charge on any atom is -0.508 e. The molecule has 1 heterocycles. The Morgan fingerprint density at radius 3 is 2.17 bits per heavy atom. The normalized spacial score (nSPS) is 21.3. The van der Waals surface area contributed by atoms with Gasteiger partial charge in [-0.1, -0.05) is 48.5 Å². The first-order chi connectivity index (χ1) is 14.6. The molecular formula is C24H25NO5. The van der Waals surface area contributed by atoms with Crippen molar-refractivity contribution >= 4 is 5.69 Å². The highest BCUT2D eigenvalue weighted by molar-refractivity contribution is 5.48. The van der Waals surface area contributed by atoms with Crippen molar-refractivity contribution in [2.24, 2.45) is 0 Å². The Morgan fingerprint density at radius 1 is 0.900 bits per heavy atom. The molecule has 0 bridgehead atoms. The summed E-state index contributed by atoms with van der Waals surface area (Å²) in [6, 6.07) is 24.7. The third-order valence-corrected chi connectivity index (χ3v) is 5.13. The molecule has 30 heavy (non-hydrogen) atoms. The lowest BCUT2D eigenvalue weighted by Gasteiger charge is -2.35. The fourth-order valence-corrected chi connectivity index (χ4v) is 3.34. The maximum Gasteiger partial charge on any atom is 0.256 e. The monoisotopic (exact) mass is 407 g/mol. The second-order valence-electron chi connectivity index (χ2n) is 7.24. The molecule has 0 saturated carbocycles. The van der Waals surface area contributed by atoms with Gasteiger partial charge in [0.25, 0.3) is 5.79 Å². The molecule has 1 fully saturated rings. The van der Waals surface area contributed by atoms with Gasteiger partial charge in [0.2, 0.25) is 6.29 Å². The number of phenolic OH excluding ortho intramolecular Hbond substituents is 1. The number of aromatic hydroxyl groups is 1. The number of phenols is 1. The number of benzene rings is 3. The van der Waals surface area contributed by atoms with Crippen molar-refractivity contribution in [3.8, 4) is 5.75 Å². The summed E-state index contributed by atoms with van der Waals surface area (Å²) >= 11 is 0. The fraction of sp³-hybridized carbons (Fsp3) is 0.250. The van der Waals surface area contributed by atoms with Gasteiger partial charge < -0.3 is 10.0 Å². The average molecular weight is 407 g/mol. The summed E-state index contributed by atoms with van der Waals surface area (Å²) in [4.78, 5) is 24.3. The Labute approximate surface area is 176 Å². The molecule has 6 nitrogen and oxygen atoms in total. The molecule has 0 aromatic heterocycles. The molecule has 3 aromatic carbocycles. The van der Waals surface area contributed by atoms with Gasteiger partial charge in [0.05, 0.1) is 0 Å². The van der Waals surface area contributed by atoms with Crippen LogP contribution in [0.25, 0.3) is 0 Å². The predicted molar refractivity (Wildman–Crippen MR) is 112 cm³/mol. The highest BCUT2D eigenvalue weighted by atomic mass is 17.4. The standard InChI is InChI=1S/C24H25NO5/c1-3-25(21-12-8-5-9-13-21)17-19-16-20(14-15-22(19)26)24(2)29-27-23(28-30-24)18-10-6-4-7-11-18/h4-16,23,26H,3,17H2,1-2H3. The van der Waals surface area contributed by atoms with Crippen LogP contribution in [0.2, 0.25) is 0 Å². The maximum atomic E-state index is 10.4. The van der Waals surface area contributed by atoms with Gasteiger partial charge in [-0.2, -0.15) is 19.6 Å². The zero-order valence-electron chi connectivity index (χ0n) is 17.0. The molecule has 0 spiro atoms. The average Bonchev–Trinajstić information content (AvgIpc) is 2.80. The molecule has 4 rings (SSSR count). The van der Waals surface area contributed by atoms with E-state index < -0.39 is 12.1 Å². The Kier molecular flexibility index (Phi) is 6.01. The summed E-state index contributed by atoms with van der Waals surface area (Å²) in [5, 5.41) is 10.4. The van der Waals surface area contributed by atoms with E-state index in [1.54, 1.807) is 19.1 Å². The van der Waals surface area contributed by atoms with E-state index >= 15 is 0 Å². The highest BCUT2D eigenvalue weighted by Crippen LogP contribution is 2.38. The van der Waals surface area contributed by atoms with E-state index in [2.05, 4.69) is 11.8 Å². The van der Waals surface area contributed by atoms with Crippen LogP contribution in [0.4, 0.5) is 5.69 Å². The van der Waals surface area contributed by atoms with E-state index in [-0.39, 0.29) is 5.75 Å². The summed E-state index contributed by atoms with van der Waals surface area (Å²) in [6.07, 6.45) is -0.774. The third kappa shape index (κ3) is 4.32. The summed E-state index contributed by atoms with van der Waals surface area (Å²) in [7, 11) is 0. The van der Waals surface area contributed by atoms with E-state index in [1.807, 2.05) is 66.7 Å². The molecule has 0 atom stereocenters. The molecule has 0 amide bonds. The zero-order valence-corrected chi connectivity index (χ0v) is 17.0. The molecule has 3 aromatic rings. The first kappa shape index (κ1) is 20.4. The van der Waals surface area contributed by atoms with Crippen molar-refractivity contribution in [1.29, 1.82) is 0 Å². The second kappa shape index (κ2) is 8.85. The van der Waals surface area contributed by atoms with Crippen LogP contribution in [0.15, 0.2) is 78.9 Å². The lowest BCUT2D eigenvalue weighted by molar-refractivity contribution is -0.634. The Bertz CT molecular complexity index is 956. The predicted octanol–water partition coefficient (Wildman–Crippen LogP) is 5.20. The van der Waals surface area contributed by atoms with E-state index in [0.717, 1.165) is 23.4 Å². The smallest absolute Gasteiger partial charge is 0.256 e. The summed E-state index contributed by atoms with van der Waals surface area (Å²) in [6.45, 7) is 5.11. The Morgan fingerprint density at radius 2 is 1.53 bits per heavy atom. The van der Waals surface area contributed by atoms with Gasteiger partial charge in [-0.05, 0) is 44.2 Å². The van der Waals surface area contributed by atoms with Crippen molar-refractivity contribution in [2.45, 2.75) is 32.5 Å². The van der Waals surface area contributed by atoms with E-state index in [9.17, 15) is 5.11 Å². The van der Waals surface area contributed by atoms with Gasteiger partial charge in [-0.15, -0.1) is 0 Å². The first-order valence-corrected chi connectivity index (χ1v) is 9.95. The van der Waals surface area contributed by atoms with Crippen LogP contribution < -0.4 is 4.90 Å². The lowest BCUT2D eigenvalue weighted by atomic mass is 10.0. The van der Waals surface area contributed by atoms with Crippen molar-refractivity contribution in [3.63, 3.8) is 0 Å². The van der Waals surface area contributed by atoms with Crippen molar-refractivity contribution in [2.75, 3.05) is 11.4 Å². The number of anilines is 1. The molecule has 0 radical (unpaired) electrons. The zero-order chi connectivity index (χ0) is 21.0. The van der Waals surface area contributed by atoms with Crippen LogP contribution in [0.5, 0.6) is 5.75 Å². The molecule has 0 aliphatic carbocycles. The number of hydrogen-bond donors (Lipinski definition) is 1. The fourth-order valence-electron chi connectivity index (χ4n) is 3.34. The van der Waals surface area contributed by atoms with Gasteiger partial charge in [-0.3, -0.25) is 0 Å². The van der Waals surface area contributed by atoms with Gasteiger partial charge >= 0.3 is 0 Å². The van der Waals surface area contributed by atoms with Gasteiger partial charge in [0, 0.05) is 35.5 Å². The third-order valence-electron chi connectivity index (χ3n) is 5.13. The number of para-hydroxylation sites is 1. The number of nitrogens with zero attached hydrogens (tertiary/aromatic N) is 1. The minimum atomic E-state index is -1.27. The molecule has 0 unspecified atom stereocenters. The Hall–Kier alpha value is -2.90. The van der Waals surface area contributed by atoms with Gasteiger partial charge in [-0.25, -0.2) is 0 Å². The molecule has 1 aliphatic heterocycles. The largest absolute Gasteiger partial charge is 0.508 e. The van der Waals surface area contributed by atoms with E-state index in [4.69, 9.17) is 19.6 Å². The van der Waals surface area contributed by atoms with Crippen molar-refractivity contribution < 1.29 is 24.7 Å². The summed E-state index contributed by atoms with van der Waals surface area (Å²) in [5.41, 5.74) is 3.29. The summed E-state index contributed by atoms with van der Waals surface area (Å²) < 4.78 is 0. The van der Waals surface area contributed by atoms with Crippen LogP contribution in [0, 0.1) is 0 Å². The quantitative estimate of drug-likeness (QED) is 0.567. The Balaban J connectivity index is 1.51. The van der Waals surface area contributed by atoms with Crippen molar-refractivity contribution in [3.05, 3.63) is 95.6 Å². The first-order valence-electron chi connectivity index (χ1n) is 9.95. The molecule has 156 valence electrons. The van der Waals surface area contributed by atoms with Crippen LogP contribution in [-0.4, -0.2) is 11.7 Å². The molecule has 1 saturated heterocycles. The highest BCUT2D eigenvalue weighted by Gasteiger charge is 2.39. The number of hydrogen-bond acceptors (Lipinski definition) is 6. The van der Waals surface area contributed by atoms with Crippen LogP contribution in [0.1, 0.15) is 36.8 Å².